The number of hydrogen-bond acceptors (Lipinski definition) is 4. The summed E-state index contributed by atoms with van der Waals surface area (Å²) >= 11 is 0. The SMILES string of the molecule is CCC(CNC(=O)OCC1c2ccccc2-c2ccccc21)C(=O)N(CC(=O)O)CC1CC1. The summed E-state index contributed by atoms with van der Waals surface area (Å²) in [4.78, 5) is 38.0. The molecule has 0 heterocycles. The number of benzene rings is 2. The summed E-state index contributed by atoms with van der Waals surface area (Å²) in [5, 5.41) is 11.9. The van der Waals surface area contributed by atoms with Crippen LogP contribution in [0.15, 0.2) is 48.5 Å². The van der Waals surface area contributed by atoms with Gasteiger partial charge >= 0.3 is 12.1 Å². The Labute approximate surface area is 193 Å². The van der Waals surface area contributed by atoms with E-state index in [9.17, 15) is 14.4 Å². The average Bonchev–Trinajstić information content (AvgIpc) is 3.57. The van der Waals surface area contributed by atoms with E-state index < -0.39 is 18.0 Å². The van der Waals surface area contributed by atoms with Gasteiger partial charge in [0.25, 0.3) is 0 Å². The van der Waals surface area contributed by atoms with Crippen LogP contribution in [0, 0.1) is 11.8 Å². The van der Waals surface area contributed by atoms with Crippen LogP contribution in [0.4, 0.5) is 4.79 Å². The van der Waals surface area contributed by atoms with Crippen LogP contribution in [0.25, 0.3) is 11.1 Å². The minimum atomic E-state index is -1.02. The van der Waals surface area contributed by atoms with E-state index in [1.54, 1.807) is 0 Å². The van der Waals surface area contributed by atoms with Gasteiger partial charge in [0.2, 0.25) is 5.91 Å². The molecule has 174 valence electrons. The zero-order valence-electron chi connectivity index (χ0n) is 18.8. The predicted molar refractivity (Wildman–Crippen MR) is 124 cm³/mol. The van der Waals surface area contributed by atoms with E-state index in [1.165, 1.54) is 4.90 Å². The molecule has 0 radical (unpaired) electrons. The molecule has 1 saturated carbocycles. The highest BCUT2D eigenvalue weighted by atomic mass is 16.5. The minimum absolute atomic E-state index is 0.0312. The lowest BCUT2D eigenvalue weighted by Gasteiger charge is -2.25. The van der Waals surface area contributed by atoms with Gasteiger partial charge in [0.15, 0.2) is 0 Å². The minimum Gasteiger partial charge on any atom is -0.480 e. The third kappa shape index (κ3) is 5.35. The van der Waals surface area contributed by atoms with E-state index in [4.69, 9.17) is 9.84 Å². The molecule has 2 amide bonds. The van der Waals surface area contributed by atoms with Crippen LogP contribution < -0.4 is 5.32 Å². The number of ether oxygens (including phenoxy) is 1. The van der Waals surface area contributed by atoms with E-state index in [2.05, 4.69) is 29.6 Å². The van der Waals surface area contributed by atoms with Gasteiger partial charge in [-0.3, -0.25) is 9.59 Å². The fraction of sp³-hybridized carbons (Fsp3) is 0.423. The van der Waals surface area contributed by atoms with Crippen molar-refractivity contribution < 1.29 is 24.2 Å². The number of carbonyl (C=O) groups excluding carboxylic acids is 2. The normalized spacial score (nSPS) is 15.3. The van der Waals surface area contributed by atoms with Crippen LogP contribution in [0.1, 0.15) is 43.2 Å². The number of aliphatic carboxylic acids is 1. The molecule has 1 unspecified atom stereocenters. The van der Waals surface area contributed by atoms with Crippen LogP contribution in [-0.4, -0.2) is 54.2 Å². The molecule has 1 atom stereocenters. The molecule has 2 aromatic carbocycles. The van der Waals surface area contributed by atoms with Crippen molar-refractivity contribution in [2.24, 2.45) is 11.8 Å². The molecule has 0 aromatic heterocycles. The quantitative estimate of drug-likeness (QED) is 0.573. The molecule has 33 heavy (non-hydrogen) atoms. The fourth-order valence-corrected chi connectivity index (χ4v) is 4.53. The van der Waals surface area contributed by atoms with E-state index >= 15 is 0 Å². The van der Waals surface area contributed by atoms with Crippen molar-refractivity contribution in [2.45, 2.75) is 32.1 Å². The van der Waals surface area contributed by atoms with Gasteiger partial charge in [0, 0.05) is 19.0 Å². The van der Waals surface area contributed by atoms with Gasteiger partial charge < -0.3 is 20.1 Å². The summed E-state index contributed by atoms with van der Waals surface area (Å²) in [6.07, 6.45) is 1.98. The molecule has 7 nitrogen and oxygen atoms in total. The highest BCUT2D eigenvalue weighted by Gasteiger charge is 2.32. The molecule has 2 aliphatic rings. The second-order valence-electron chi connectivity index (χ2n) is 8.87. The molecule has 4 rings (SSSR count). The van der Waals surface area contributed by atoms with Crippen LogP contribution >= 0.6 is 0 Å². The van der Waals surface area contributed by atoms with Gasteiger partial charge in [0.1, 0.15) is 13.2 Å². The molecule has 7 heteroatoms. The fourth-order valence-electron chi connectivity index (χ4n) is 4.53. The third-order valence-corrected chi connectivity index (χ3v) is 6.49. The number of amides is 2. The Kier molecular flexibility index (Phi) is 6.96. The van der Waals surface area contributed by atoms with Gasteiger partial charge in [-0.25, -0.2) is 4.79 Å². The Morgan fingerprint density at radius 1 is 1.06 bits per heavy atom. The van der Waals surface area contributed by atoms with Gasteiger partial charge in [-0.05, 0) is 47.4 Å². The van der Waals surface area contributed by atoms with Crippen LogP contribution in [0.5, 0.6) is 0 Å². The van der Waals surface area contributed by atoms with E-state index in [0.717, 1.165) is 35.1 Å². The second-order valence-corrected chi connectivity index (χ2v) is 8.87. The largest absolute Gasteiger partial charge is 0.480 e. The first-order valence-electron chi connectivity index (χ1n) is 11.6. The lowest BCUT2D eigenvalue weighted by molar-refractivity contribution is -0.146. The van der Waals surface area contributed by atoms with E-state index in [-0.39, 0.29) is 31.5 Å². The van der Waals surface area contributed by atoms with Crippen molar-refractivity contribution in [1.82, 2.24) is 10.2 Å². The lowest BCUT2D eigenvalue weighted by Crippen LogP contribution is -2.44. The van der Waals surface area contributed by atoms with Gasteiger partial charge in [-0.2, -0.15) is 0 Å². The molecule has 2 aromatic rings. The Morgan fingerprint density at radius 3 is 2.21 bits per heavy atom. The molecule has 0 spiro atoms. The molecule has 0 bridgehead atoms. The van der Waals surface area contributed by atoms with Gasteiger partial charge in [-0.15, -0.1) is 0 Å². The Hall–Kier alpha value is -3.35. The first-order chi connectivity index (χ1) is 16.0. The van der Waals surface area contributed by atoms with Crippen molar-refractivity contribution in [3.8, 4) is 11.1 Å². The van der Waals surface area contributed by atoms with Crippen molar-refractivity contribution in [3.63, 3.8) is 0 Å². The van der Waals surface area contributed by atoms with Crippen molar-refractivity contribution >= 4 is 18.0 Å². The molecular formula is C26H30N2O5. The maximum Gasteiger partial charge on any atom is 0.407 e. The van der Waals surface area contributed by atoms with Crippen LogP contribution in [-0.2, 0) is 14.3 Å². The maximum atomic E-state index is 12.9. The summed E-state index contributed by atoms with van der Waals surface area (Å²) in [5.74, 6) is -1.38. The van der Waals surface area contributed by atoms with E-state index in [0.29, 0.717) is 18.9 Å². The maximum absolute atomic E-state index is 12.9. The monoisotopic (exact) mass is 450 g/mol. The Bertz CT molecular complexity index is 987. The number of nitrogens with one attached hydrogen (secondary N) is 1. The molecule has 2 aliphatic carbocycles. The average molecular weight is 451 g/mol. The van der Waals surface area contributed by atoms with Gasteiger partial charge in [0.05, 0.1) is 5.92 Å². The number of rotatable bonds is 10. The first-order valence-corrected chi connectivity index (χ1v) is 11.6. The summed E-state index contributed by atoms with van der Waals surface area (Å²) in [6, 6.07) is 16.3. The molecule has 0 saturated heterocycles. The number of alkyl carbamates (subject to hydrolysis) is 1. The molecule has 0 aliphatic heterocycles. The van der Waals surface area contributed by atoms with Crippen LogP contribution in [0.3, 0.4) is 0 Å². The summed E-state index contributed by atoms with van der Waals surface area (Å²) in [7, 11) is 0. The number of carboxylic acids is 1. The number of fused-ring (bicyclic) bond motifs is 3. The van der Waals surface area contributed by atoms with Crippen molar-refractivity contribution in [2.75, 3.05) is 26.2 Å². The summed E-state index contributed by atoms with van der Waals surface area (Å²) < 4.78 is 5.54. The molecule has 1 fully saturated rings. The highest BCUT2D eigenvalue weighted by molar-refractivity contribution is 5.84. The zero-order valence-corrected chi connectivity index (χ0v) is 18.8. The second kappa shape index (κ2) is 10.1. The van der Waals surface area contributed by atoms with Crippen LogP contribution in [0.2, 0.25) is 0 Å². The third-order valence-electron chi connectivity index (χ3n) is 6.49. The zero-order chi connectivity index (χ0) is 23.4. The Balaban J connectivity index is 1.33. The Morgan fingerprint density at radius 2 is 1.67 bits per heavy atom. The first kappa shape index (κ1) is 22.8. The highest BCUT2D eigenvalue weighted by Crippen LogP contribution is 2.44. The molecular weight excluding hydrogens is 420 g/mol. The van der Waals surface area contributed by atoms with Crippen molar-refractivity contribution in [1.29, 1.82) is 0 Å². The summed E-state index contributed by atoms with van der Waals surface area (Å²) in [5.41, 5.74) is 4.59. The van der Waals surface area contributed by atoms with Gasteiger partial charge in [-0.1, -0.05) is 55.5 Å². The lowest BCUT2D eigenvalue weighted by atomic mass is 9.98. The number of carboxylic acid groups (broad SMARTS) is 1. The predicted octanol–water partition coefficient (Wildman–Crippen LogP) is 3.87. The van der Waals surface area contributed by atoms with E-state index in [1.807, 2.05) is 31.2 Å². The topological polar surface area (TPSA) is 95.9 Å². The smallest absolute Gasteiger partial charge is 0.407 e. The number of carbonyl (C=O) groups is 3. The standard InChI is InChI=1S/C26H30N2O5/c1-2-18(25(31)28(15-24(29)30)14-17-11-12-17)13-27-26(32)33-16-23-21-9-5-3-7-19(21)20-8-4-6-10-22(20)23/h3-10,17-18,23H,2,11-16H2,1H3,(H,27,32)(H,29,30). The number of nitrogens with zero attached hydrogens (tertiary/aromatic N) is 1. The van der Waals surface area contributed by atoms with Crippen molar-refractivity contribution in [3.05, 3.63) is 59.7 Å². The number of hydrogen-bond donors (Lipinski definition) is 2. The molecule has 2 N–H and O–H groups in total. The summed E-state index contributed by atoms with van der Waals surface area (Å²) in [6.45, 7) is 2.34.